The Morgan fingerprint density at radius 1 is 0.969 bits per heavy atom. The molecule has 2 aromatic rings. The second-order valence-corrected chi connectivity index (χ2v) is 7.61. The van der Waals surface area contributed by atoms with Gasteiger partial charge in [0.25, 0.3) is 5.91 Å². The van der Waals surface area contributed by atoms with Crippen molar-refractivity contribution in [3.05, 3.63) is 65.7 Å². The summed E-state index contributed by atoms with van der Waals surface area (Å²) in [5.41, 5.74) is 2.02. The minimum absolute atomic E-state index is 0.169. The number of piperazine rings is 1. The number of amides is 1. The first kappa shape index (κ1) is 23.3. The number of hydrogen-bond acceptors (Lipinski definition) is 6. The summed E-state index contributed by atoms with van der Waals surface area (Å²) >= 11 is 0. The summed E-state index contributed by atoms with van der Waals surface area (Å²) in [7, 11) is 3.11. The highest BCUT2D eigenvalue weighted by Crippen LogP contribution is 2.28. The predicted molar refractivity (Wildman–Crippen MR) is 122 cm³/mol. The second-order valence-electron chi connectivity index (χ2n) is 7.61. The van der Waals surface area contributed by atoms with E-state index in [0.717, 1.165) is 25.2 Å². The molecule has 0 spiro atoms. The van der Waals surface area contributed by atoms with Gasteiger partial charge in [0.1, 0.15) is 0 Å². The van der Waals surface area contributed by atoms with Crippen molar-refractivity contribution in [3.63, 3.8) is 0 Å². The van der Waals surface area contributed by atoms with Crippen molar-refractivity contribution in [2.75, 3.05) is 40.4 Å². The van der Waals surface area contributed by atoms with Crippen molar-refractivity contribution in [2.24, 2.45) is 0 Å². The van der Waals surface area contributed by atoms with Crippen LogP contribution in [-0.2, 0) is 20.9 Å². The molecular formula is C25H30N2O5. The number of carbonyl (C=O) groups excluding carboxylic acids is 2. The number of ether oxygens (including phenoxy) is 3. The molecule has 0 aromatic heterocycles. The molecule has 0 saturated carbocycles. The minimum Gasteiger partial charge on any atom is -0.493 e. The van der Waals surface area contributed by atoms with Gasteiger partial charge >= 0.3 is 5.97 Å². The van der Waals surface area contributed by atoms with E-state index in [1.165, 1.54) is 11.6 Å². The van der Waals surface area contributed by atoms with Crippen LogP contribution in [0.3, 0.4) is 0 Å². The van der Waals surface area contributed by atoms with Crippen molar-refractivity contribution in [1.29, 1.82) is 0 Å². The lowest BCUT2D eigenvalue weighted by molar-refractivity contribution is -0.156. The summed E-state index contributed by atoms with van der Waals surface area (Å²) in [6, 6.07) is 15.6. The number of methoxy groups -OCH3 is 2. The standard InChI is InChI=1S/C25H30N2O5/c1-19(32-24(28)12-10-20-9-11-22(30-2)23(17-20)31-3)25(29)27-15-13-26(14-16-27)18-21-7-5-4-6-8-21/h4-12,17,19H,13-16,18H2,1-3H3. The molecule has 0 radical (unpaired) electrons. The molecule has 32 heavy (non-hydrogen) atoms. The first-order valence-electron chi connectivity index (χ1n) is 10.7. The lowest BCUT2D eigenvalue weighted by Gasteiger charge is -2.35. The van der Waals surface area contributed by atoms with Crippen LogP contribution in [-0.4, -0.2) is 68.2 Å². The normalized spacial score (nSPS) is 15.4. The molecule has 1 saturated heterocycles. The Labute approximate surface area is 189 Å². The number of hydrogen-bond donors (Lipinski definition) is 0. The Bertz CT molecular complexity index is 937. The lowest BCUT2D eigenvalue weighted by Crippen LogP contribution is -2.51. The zero-order valence-electron chi connectivity index (χ0n) is 18.8. The van der Waals surface area contributed by atoms with Crippen LogP contribution in [0.15, 0.2) is 54.6 Å². The van der Waals surface area contributed by atoms with Gasteiger partial charge in [0.15, 0.2) is 17.6 Å². The molecular weight excluding hydrogens is 408 g/mol. The third-order valence-electron chi connectivity index (χ3n) is 5.39. The van der Waals surface area contributed by atoms with E-state index in [4.69, 9.17) is 14.2 Å². The van der Waals surface area contributed by atoms with Gasteiger partial charge < -0.3 is 19.1 Å². The smallest absolute Gasteiger partial charge is 0.331 e. The van der Waals surface area contributed by atoms with E-state index < -0.39 is 12.1 Å². The average Bonchev–Trinajstić information content (AvgIpc) is 2.83. The molecule has 1 unspecified atom stereocenters. The van der Waals surface area contributed by atoms with Gasteiger partial charge in [-0.15, -0.1) is 0 Å². The summed E-state index contributed by atoms with van der Waals surface area (Å²) in [6.45, 7) is 5.31. The Kier molecular flexibility index (Phi) is 8.27. The zero-order chi connectivity index (χ0) is 22.9. The van der Waals surface area contributed by atoms with Gasteiger partial charge in [0, 0.05) is 38.8 Å². The van der Waals surface area contributed by atoms with Crippen LogP contribution in [0.4, 0.5) is 0 Å². The van der Waals surface area contributed by atoms with Crippen molar-refractivity contribution in [2.45, 2.75) is 19.6 Å². The number of benzene rings is 2. The van der Waals surface area contributed by atoms with Gasteiger partial charge in [0.05, 0.1) is 14.2 Å². The third-order valence-corrected chi connectivity index (χ3v) is 5.39. The van der Waals surface area contributed by atoms with Crippen LogP contribution < -0.4 is 9.47 Å². The first-order chi connectivity index (χ1) is 15.5. The molecule has 0 aliphatic carbocycles. The van der Waals surface area contributed by atoms with Crippen LogP contribution in [0.2, 0.25) is 0 Å². The summed E-state index contributed by atoms with van der Waals surface area (Å²) in [4.78, 5) is 29.0. The van der Waals surface area contributed by atoms with Crippen molar-refractivity contribution < 1.29 is 23.8 Å². The highest BCUT2D eigenvalue weighted by atomic mass is 16.5. The molecule has 1 amide bonds. The fourth-order valence-electron chi connectivity index (χ4n) is 3.61. The molecule has 0 N–H and O–H groups in total. The number of rotatable bonds is 8. The van der Waals surface area contributed by atoms with Crippen LogP contribution >= 0.6 is 0 Å². The molecule has 1 aliphatic heterocycles. The Balaban J connectivity index is 1.47. The number of esters is 1. The van der Waals surface area contributed by atoms with Crippen LogP contribution in [0.1, 0.15) is 18.1 Å². The molecule has 1 atom stereocenters. The molecule has 1 fully saturated rings. The van der Waals surface area contributed by atoms with Crippen LogP contribution in [0.5, 0.6) is 11.5 Å². The highest BCUT2D eigenvalue weighted by Gasteiger charge is 2.26. The minimum atomic E-state index is -0.835. The van der Waals surface area contributed by atoms with Crippen LogP contribution in [0.25, 0.3) is 6.08 Å². The van der Waals surface area contributed by atoms with Crippen molar-refractivity contribution in [1.82, 2.24) is 9.80 Å². The Morgan fingerprint density at radius 2 is 1.66 bits per heavy atom. The van der Waals surface area contributed by atoms with Crippen molar-refractivity contribution in [3.8, 4) is 11.5 Å². The van der Waals surface area contributed by atoms with E-state index in [-0.39, 0.29) is 5.91 Å². The molecule has 7 heteroatoms. The first-order valence-corrected chi connectivity index (χ1v) is 10.7. The molecule has 3 rings (SSSR count). The Morgan fingerprint density at radius 3 is 2.31 bits per heavy atom. The largest absolute Gasteiger partial charge is 0.493 e. The van der Waals surface area contributed by atoms with Crippen LogP contribution in [0, 0.1) is 0 Å². The average molecular weight is 439 g/mol. The van der Waals surface area contributed by atoms with Gasteiger partial charge in [-0.25, -0.2) is 4.79 Å². The Hall–Kier alpha value is -3.32. The maximum Gasteiger partial charge on any atom is 0.331 e. The molecule has 1 heterocycles. The molecule has 0 bridgehead atoms. The topological polar surface area (TPSA) is 68.3 Å². The monoisotopic (exact) mass is 438 g/mol. The van der Waals surface area contributed by atoms with E-state index >= 15 is 0 Å². The van der Waals surface area contributed by atoms with Gasteiger partial charge in [-0.05, 0) is 36.3 Å². The van der Waals surface area contributed by atoms with Gasteiger partial charge in [0.2, 0.25) is 0 Å². The molecule has 2 aromatic carbocycles. The SMILES string of the molecule is COc1ccc(C=CC(=O)OC(C)C(=O)N2CCN(Cc3ccccc3)CC2)cc1OC. The summed E-state index contributed by atoms with van der Waals surface area (Å²) in [6.07, 6.45) is 2.09. The van der Waals surface area contributed by atoms with E-state index in [2.05, 4.69) is 17.0 Å². The summed E-state index contributed by atoms with van der Waals surface area (Å²) < 4.78 is 15.8. The molecule has 1 aliphatic rings. The molecule has 170 valence electrons. The molecule has 7 nitrogen and oxygen atoms in total. The van der Waals surface area contributed by atoms with E-state index in [1.807, 2.05) is 18.2 Å². The fourth-order valence-corrected chi connectivity index (χ4v) is 3.61. The third kappa shape index (κ3) is 6.34. The van der Waals surface area contributed by atoms with E-state index in [0.29, 0.717) is 24.6 Å². The quantitative estimate of drug-likeness (QED) is 0.466. The van der Waals surface area contributed by atoms with Gasteiger partial charge in [-0.1, -0.05) is 36.4 Å². The lowest BCUT2D eigenvalue weighted by atomic mass is 10.2. The number of nitrogens with zero attached hydrogens (tertiary/aromatic N) is 2. The van der Waals surface area contributed by atoms with E-state index in [9.17, 15) is 9.59 Å². The predicted octanol–water partition coefficient (Wildman–Crippen LogP) is 2.99. The van der Waals surface area contributed by atoms with Gasteiger partial charge in [-0.3, -0.25) is 9.69 Å². The number of carbonyl (C=O) groups is 2. The summed E-state index contributed by atoms with van der Waals surface area (Å²) in [5.74, 6) is 0.439. The second kappa shape index (κ2) is 11.3. The van der Waals surface area contributed by atoms with Crippen molar-refractivity contribution >= 4 is 18.0 Å². The van der Waals surface area contributed by atoms with Gasteiger partial charge in [-0.2, -0.15) is 0 Å². The fraction of sp³-hybridized carbons (Fsp3) is 0.360. The summed E-state index contributed by atoms with van der Waals surface area (Å²) in [5, 5.41) is 0. The highest BCUT2D eigenvalue weighted by molar-refractivity contribution is 5.90. The maximum atomic E-state index is 12.7. The van der Waals surface area contributed by atoms with E-state index in [1.54, 1.807) is 50.3 Å². The zero-order valence-corrected chi connectivity index (χ0v) is 18.8. The maximum absolute atomic E-state index is 12.7.